The Morgan fingerprint density at radius 1 is 0.920 bits per heavy atom. The predicted molar refractivity (Wildman–Crippen MR) is 96.9 cm³/mol. The van der Waals surface area contributed by atoms with Crippen LogP contribution in [0.25, 0.3) is 10.8 Å². The number of carbonyl (C=O) groups is 1. The molecule has 0 aliphatic heterocycles. The monoisotopic (exact) mass is 336 g/mol. The third-order valence-corrected chi connectivity index (χ3v) is 3.90. The van der Waals surface area contributed by atoms with Gasteiger partial charge in [-0.3, -0.25) is 4.79 Å². The van der Waals surface area contributed by atoms with Gasteiger partial charge >= 0.3 is 0 Å². The van der Waals surface area contributed by atoms with Gasteiger partial charge < -0.3 is 14.6 Å². The van der Waals surface area contributed by atoms with Crippen LogP contribution in [0.5, 0.6) is 5.75 Å². The Morgan fingerprint density at radius 3 is 2.48 bits per heavy atom. The quantitative estimate of drug-likeness (QED) is 0.639. The molecular formula is C21H20O4. The Hall–Kier alpha value is -2.69. The van der Waals surface area contributed by atoms with Gasteiger partial charge in [-0.25, -0.2) is 0 Å². The van der Waals surface area contributed by atoms with Crippen molar-refractivity contribution >= 4 is 17.1 Å². The average molecular weight is 336 g/mol. The van der Waals surface area contributed by atoms with E-state index in [9.17, 15) is 9.90 Å². The van der Waals surface area contributed by atoms with Gasteiger partial charge in [0.2, 0.25) is 0 Å². The lowest BCUT2D eigenvalue weighted by Gasteiger charge is -2.15. The molecule has 3 rings (SSSR count). The van der Waals surface area contributed by atoms with E-state index in [1.165, 1.54) is 0 Å². The van der Waals surface area contributed by atoms with E-state index in [4.69, 9.17) is 9.47 Å². The van der Waals surface area contributed by atoms with Crippen molar-refractivity contribution in [2.24, 2.45) is 0 Å². The molecule has 0 bridgehead atoms. The lowest BCUT2D eigenvalue weighted by atomic mass is 10.0. The topological polar surface area (TPSA) is 55.8 Å². The second-order valence-corrected chi connectivity index (χ2v) is 5.78. The van der Waals surface area contributed by atoms with Gasteiger partial charge in [0.15, 0.2) is 6.29 Å². The first-order valence-corrected chi connectivity index (χ1v) is 8.17. The van der Waals surface area contributed by atoms with Crippen LogP contribution in [0.3, 0.4) is 0 Å². The average Bonchev–Trinajstić information content (AvgIpc) is 2.66. The summed E-state index contributed by atoms with van der Waals surface area (Å²) in [6.07, 6.45) is 0.0188. The van der Waals surface area contributed by atoms with Gasteiger partial charge in [-0.2, -0.15) is 0 Å². The summed E-state index contributed by atoms with van der Waals surface area (Å²) >= 11 is 0. The minimum atomic E-state index is -0.769. The number of hydrogen-bond donors (Lipinski definition) is 1. The molecule has 0 saturated carbocycles. The van der Waals surface area contributed by atoms with Gasteiger partial charge in [0.1, 0.15) is 18.5 Å². The SMILES string of the molecule is O=Cc1c(OCC(O)COCc2ccccc2)ccc2ccccc12. The van der Waals surface area contributed by atoms with Crippen LogP contribution in [-0.4, -0.2) is 30.7 Å². The number of benzene rings is 3. The van der Waals surface area contributed by atoms with Crippen molar-refractivity contribution in [3.05, 3.63) is 77.9 Å². The number of aldehydes is 1. The van der Waals surface area contributed by atoms with E-state index >= 15 is 0 Å². The minimum Gasteiger partial charge on any atom is -0.490 e. The van der Waals surface area contributed by atoms with Crippen LogP contribution in [-0.2, 0) is 11.3 Å². The van der Waals surface area contributed by atoms with E-state index in [1.807, 2.05) is 60.7 Å². The van der Waals surface area contributed by atoms with Crippen molar-refractivity contribution in [3.8, 4) is 5.75 Å². The second-order valence-electron chi connectivity index (χ2n) is 5.78. The van der Waals surface area contributed by atoms with Crippen molar-refractivity contribution in [1.82, 2.24) is 0 Å². The van der Waals surface area contributed by atoms with E-state index in [-0.39, 0.29) is 13.2 Å². The number of rotatable bonds is 8. The highest BCUT2D eigenvalue weighted by molar-refractivity contribution is 6.00. The van der Waals surface area contributed by atoms with Crippen molar-refractivity contribution in [1.29, 1.82) is 0 Å². The summed E-state index contributed by atoms with van der Waals surface area (Å²) in [5.41, 5.74) is 1.55. The molecule has 0 spiro atoms. The van der Waals surface area contributed by atoms with Gasteiger partial charge in [0, 0.05) is 0 Å². The highest BCUT2D eigenvalue weighted by atomic mass is 16.5. The fourth-order valence-corrected chi connectivity index (χ4v) is 2.64. The van der Waals surface area contributed by atoms with E-state index in [2.05, 4.69) is 0 Å². The molecule has 0 heterocycles. The van der Waals surface area contributed by atoms with Crippen LogP contribution in [0.4, 0.5) is 0 Å². The minimum absolute atomic E-state index is 0.0635. The molecule has 128 valence electrons. The fourth-order valence-electron chi connectivity index (χ4n) is 2.64. The summed E-state index contributed by atoms with van der Waals surface area (Å²) in [4.78, 5) is 11.4. The Morgan fingerprint density at radius 2 is 1.68 bits per heavy atom. The maximum absolute atomic E-state index is 11.4. The molecule has 1 atom stereocenters. The summed E-state index contributed by atoms with van der Waals surface area (Å²) < 4.78 is 11.1. The molecule has 0 saturated heterocycles. The van der Waals surface area contributed by atoms with Gasteiger partial charge in [-0.15, -0.1) is 0 Å². The predicted octanol–water partition coefficient (Wildman–Crippen LogP) is 3.61. The van der Waals surface area contributed by atoms with Crippen molar-refractivity contribution in [2.75, 3.05) is 13.2 Å². The third-order valence-electron chi connectivity index (χ3n) is 3.90. The highest BCUT2D eigenvalue weighted by Gasteiger charge is 2.11. The van der Waals surface area contributed by atoms with Gasteiger partial charge in [-0.05, 0) is 22.4 Å². The molecule has 25 heavy (non-hydrogen) atoms. The van der Waals surface area contributed by atoms with Crippen LogP contribution in [0, 0.1) is 0 Å². The van der Waals surface area contributed by atoms with Crippen LogP contribution >= 0.6 is 0 Å². The summed E-state index contributed by atoms with van der Waals surface area (Å²) in [5, 5.41) is 11.8. The van der Waals surface area contributed by atoms with Crippen molar-refractivity contribution in [2.45, 2.75) is 12.7 Å². The molecular weight excluding hydrogens is 316 g/mol. The standard InChI is InChI=1S/C21H20O4/c22-12-20-19-9-5-4-8-17(19)10-11-21(20)25-15-18(23)14-24-13-16-6-2-1-3-7-16/h1-12,18,23H,13-15H2. The van der Waals surface area contributed by atoms with Crippen molar-refractivity contribution < 1.29 is 19.4 Å². The summed E-state index contributed by atoms with van der Waals surface area (Å²) in [6, 6.07) is 21.0. The Bertz CT molecular complexity index is 830. The Kier molecular flexibility index (Phi) is 5.77. The van der Waals surface area contributed by atoms with Gasteiger partial charge in [-0.1, -0.05) is 60.7 Å². The lowest BCUT2D eigenvalue weighted by Crippen LogP contribution is -2.23. The van der Waals surface area contributed by atoms with E-state index < -0.39 is 6.10 Å². The molecule has 0 fully saturated rings. The normalized spacial score (nSPS) is 12.0. The highest BCUT2D eigenvalue weighted by Crippen LogP contribution is 2.26. The summed E-state index contributed by atoms with van der Waals surface area (Å²) in [5.74, 6) is 0.468. The Labute approximate surface area is 146 Å². The summed E-state index contributed by atoms with van der Waals surface area (Å²) in [6.45, 7) is 0.667. The second kappa shape index (κ2) is 8.42. The number of fused-ring (bicyclic) bond motifs is 1. The molecule has 0 aliphatic carbocycles. The molecule has 0 radical (unpaired) electrons. The van der Waals surface area contributed by atoms with E-state index in [0.717, 1.165) is 22.6 Å². The molecule has 3 aromatic carbocycles. The smallest absolute Gasteiger partial charge is 0.154 e. The molecule has 4 heteroatoms. The molecule has 0 amide bonds. The third kappa shape index (κ3) is 4.44. The van der Waals surface area contributed by atoms with Crippen molar-refractivity contribution in [3.63, 3.8) is 0 Å². The Balaban J connectivity index is 1.56. The maximum Gasteiger partial charge on any atom is 0.154 e. The lowest BCUT2D eigenvalue weighted by molar-refractivity contribution is 0.00542. The molecule has 1 unspecified atom stereocenters. The van der Waals surface area contributed by atoms with Crippen LogP contribution in [0.15, 0.2) is 66.7 Å². The molecule has 4 nitrogen and oxygen atoms in total. The number of hydrogen-bond acceptors (Lipinski definition) is 4. The fraction of sp³-hybridized carbons (Fsp3) is 0.190. The number of ether oxygens (including phenoxy) is 2. The largest absolute Gasteiger partial charge is 0.490 e. The molecule has 1 N–H and O–H groups in total. The van der Waals surface area contributed by atoms with Crippen LogP contribution in [0.2, 0.25) is 0 Å². The zero-order valence-corrected chi connectivity index (χ0v) is 13.8. The first-order chi connectivity index (χ1) is 12.3. The number of aliphatic hydroxyl groups is 1. The van der Waals surface area contributed by atoms with Gasteiger partial charge in [0.05, 0.1) is 18.8 Å². The molecule has 0 aromatic heterocycles. The number of aliphatic hydroxyl groups excluding tert-OH is 1. The molecule has 0 aliphatic rings. The van der Waals surface area contributed by atoms with E-state index in [1.54, 1.807) is 6.07 Å². The van der Waals surface area contributed by atoms with Gasteiger partial charge in [0.25, 0.3) is 0 Å². The van der Waals surface area contributed by atoms with Crippen LogP contribution in [0.1, 0.15) is 15.9 Å². The maximum atomic E-state index is 11.4. The van der Waals surface area contributed by atoms with E-state index in [0.29, 0.717) is 17.9 Å². The zero-order valence-electron chi connectivity index (χ0n) is 13.8. The first-order valence-electron chi connectivity index (χ1n) is 8.17. The number of carbonyl (C=O) groups excluding carboxylic acids is 1. The zero-order chi connectivity index (χ0) is 17.5. The van der Waals surface area contributed by atoms with Crippen LogP contribution < -0.4 is 4.74 Å². The first kappa shape index (κ1) is 17.1. The molecule has 3 aromatic rings. The summed E-state index contributed by atoms with van der Waals surface area (Å²) in [7, 11) is 0.